The number of aromatic nitrogens is 2. The molecular formula is C36H40N6S. The first-order valence-corrected chi connectivity index (χ1v) is 16.2. The van der Waals surface area contributed by atoms with Crippen LogP contribution in [-0.2, 0) is 31.3 Å². The molecule has 1 aromatic heterocycles. The van der Waals surface area contributed by atoms with Gasteiger partial charge in [-0.05, 0) is 65.7 Å². The summed E-state index contributed by atoms with van der Waals surface area (Å²) in [4.78, 5) is 14.8. The SMILES string of the molecule is S=C(NCC1(c2ccccc2)CCCCC1)Nc1nc(N2CCc3ccccc3C2)cc(N2CCc3ccccc3C2)n1. The minimum atomic E-state index is 0.0987. The Morgan fingerprint density at radius 2 is 1.23 bits per heavy atom. The van der Waals surface area contributed by atoms with Gasteiger partial charge in [-0.2, -0.15) is 9.97 Å². The van der Waals surface area contributed by atoms with Gasteiger partial charge in [0.25, 0.3) is 0 Å². The Morgan fingerprint density at radius 3 is 1.81 bits per heavy atom. The number of anilines is 3. The summed E-state index contributed by atoms with van der Waals surface area (Å²) in [5.41, 5.74) is 7.10. The van der Waals surface area contributed by atoms with Crippen molar-refractivity contribution in [2.24, 2.45) is 0 Å². The molecule has 7 heteroatoms. The molecule has 0 bridgehead atoms. The van der Waals surface area contributed by atoms with Crippen LogP contribution >= 0.6 is 12.2 Å². The van der Waals surface area contributed by atoms with Crippen molar-refractivity contribution in [3.8, 4) is 0 Å². The average molecular weight is 589 g/mol. The lowest BCUT2D eigenvalue weighted by atomic mass is 9.69. The Morgan fingerprint density at radius 1 is 0.698 bits per heavy atom. The number of fused-ring (bicyclic) bond motifs is 2. The van der Waals surface area contributed by atoms with Crippen LogP contribution in [0.1, 0.15) is 59.9 Å². The number of nitrogens with one attached hydrogen (secondary N) is 2. The van der Waals surface area contributed by atoms with Crippen LogP contribution in [0.5, 0.6) is 0 Å². The summed E-state index contributed by atoms with van der Waals surface area (Å²) in [6.07, 6.45) is 8.19. The highest BCUT2D eigenvalue weighted by Gasteiger charge is 2.34. The van der Waals surface area contributed by atoms with E-state index in [0.717, 1.165) is 57.2 Å². The highest BCUT2D eigenvalue weighted by Crippen LogP contribution is 2.39. The second-order valence-electron chi connectivity index (χ2n) is 12.3. The highest BCUT2D eigenvalue weighted by molar-refractivity contribution is 7.80. The molecule has 43 heavy (non-hydrogen) atoms. The maximum Gasteiger partial charge on any atom is 0.232 e. The standard InChI is InChI=1S/C36H40N6S/c43-35(37-26-36(19-9-2-10-20-36)31-15-3-1-4-16-31)40-34-38-32(41-21-17-27-11-5-7-13-29(27)24-41)23-33(39-34)42-22-18-28-12-6-8-14-30(28)25-42/h1,3-8,11-16,23H,2,9-10,17-22,24-26H2,(H2,37,38,39,40,43). The summed E-state index contributed by atoms with van der Waals surface area (Å²) in [6.45, 7) is 4.35. The normalized spacial score (nSPS) is 17.5. The molecule has 1 fully saturated rings. The van der Waals surface area contributed by atoms with E-state index in [1.165, 1.54) is 59.9 Å². The Hall–Kier alpha value is -3.97. The van der Waals surface area contributed by atoms with Gasteiger partial charge in [0, 0.05) is 44.2 Å². The molecule has 220 valence electrons. The summed E-state index contributed by atoms with van der Waals surface area (Å²) in [5.74, 6) is 2.44. The van der Waals surface area contributed by atoms with Crippen molar-refractivity contribution in [3.05, 3.63) is 113 Å². The van der Waals surface area contributed by atoms with Crippen LogP contribution in [0.2, 0.25) is 0 Å². The number of nitrogens with zero attached hydrogens (tertiary/aromatic N) is 4. The first-order chi connectivity index (χ1) is 21.1. The maximum atomic E-state index is 5.88. The predicted octanol–water partition coefficient (Wildman–Crippen LogP) is 6.79. The third-order valence-corrected chi connectivity index (χ3v) is 9.86. The molecule has 4 aromatic rings. The molecule has 3 aliphatic rings. The molecule has 6 nitrogen and oxygen atoms in total. The van der Waals surface area contributed by atoms with Gasteiger partial charge in [-0.3, -0.25) is 0 Å². The fourth-order valence-electron chi connectivity index (χ4n) is 7.17. The topological polar surface area (TPSA) is 56.3 Å². The van der Waals surface area contributed by atoms with Crippen molar-refractivity contribution in [1.82, 2.24) is 15.3 Å². The van der Waals surface area contributed by atoms with E-state index in [0.29, 0.717) is 11.1 Å². The predicted molar refractivity (Wildman–Crippen MR) is 180 cm³/mol. The van der Waals surface area contributed by atoms with Crippen LogP contribution in [0.25, 0.3) is 0 Å². The van der Waals surface area contributed by atoms with Gasteiger partial charge < -0.3 is 20.4 Å². The Labute approximate surface area is 260 Å². The average Bonchev–Trinajstić information content (AvgIpc) is 3.07. The van der Waals surface area contributed by atoms with Gasteiger partial charge in [-0.1, -0.05) is 98.1 Å². The first kappa shape index (κ1) is 27.8. The van der Waals surface area contributed by atoms with Gasteiger partial charge in [-0.25, -0.2) is 0 Å². The lowest BCUT2D eigenvalue weighted by Crippen LogP contribution is -2.43. The van der Waals surface area contributed by atoms with Crippen molar-refractivity contribution in [3.63, 3.8) is 0 Å². The van der Waals surface area contributed by atoms with Crippen LogP contribution in [-0.4, -0.2) is 34.7 Å². The summed E-state index contributed by atoms with van der Waals surface area (Å²) < 4.78 is 0. The fraction of sp³-hybridized carbons (Fsp3) is 0.361. The highest BCUT2D eigenvalue weighted by atomic mass is 32.1. The number of hydrogen-bond donors (Lipinski definition) is 2. The lowest BCUT2D eigenvalue weighted by molar-refractivity contribution is 0.292. The van der Waals surface area contributed by atoms with Gasteiger partial charge >= 0.3 is 0 Å². The van der Waals surface area contributed by atoms with Crippen molar-refractivity contribution >= 4 is 34.9 Å². The van der Waals surface area contributed by atoms with Gasteiger partial charge in [-0.15, -0.1) is 0 Å². The third kappa shape index (κ3) is 6.09. The monoisotopic (exact) mass is 588 g/mol. The minimum absolute atomic E-state index is 0.0987. The minimum Gasteiger partial charge on any atom is -0.361 e. The molecule has 7 rings (SSSR count). The van der Waals surface area contributed by atoms with Crippen molar-refractivity contribution < 1.29 is 0 Å². The molecular weight excluding hydrogens is 549 g/mol. The molecule has 0 radical (unpaired) electrons. The number of hydrogen-bond acceptors (Lipinski definition) is 5. The van der Waals surface area contributed by atoms with E-state index in [-0.39, 0.29) is 5.41 Å². The zero-order valence-electron chi connectivity index (χ0n) is 24.8. The van der Waals surface area contributed by atoms with Crippen LogP contribution in [0.3, 0.4) is 0 Å². The molecule has 0 saturated heterocycles. The lowest BCUT2D eigenvalue weighted by Gasteiger charge is -2.38. The van der Waals surface area contributed by atoms with Crippen LogP contribution in [0.4, 0.5) is 17.6 Å². The van der Waals surface area contributed by atoms with E-state index in [1.807, 2.05) is 0 Å². The first-order valence-electron chi connectivity index (χ1n) is 15.8. The molecule has 2 aliphatic heterocycles. The summed E-state index contributed by atoms with van der Waals surface area (Å²) in [5, 5.41) is 7.55. The van der Waals surface area contributed by atoms with Gasteiger partial charge in [0.1, 0.15) is 11.6 Å². The molecule has 0 amide bonds. The number of thiocarbonyl (C=S) groups is 1. The van der Waals surface area contributed by atoms with Gasteiger partial charge in [0.2, 0.25) is 5.95 Å². The second-order valence-corrected chi connectivity index (χ2v) is 12.7. The second kappa shape index (κ2) is 12.3. The van der Waals surface area contributed by atoms with E-state index >= 15 is 0 Å². The third-order valence-electron chi connectivity index (χ3n) is 9.62. The molecule has 1 saturated carbocycles. The van der Waals surface area contributed by atoms with E-state index in [1.54, 1.807) is 0 Å². The van der Waals surface area contributed by atoms with Crippen LogP contribution < -0.4 is 20.4 Å². The van der Waals surface area contributed by atoms with E-state index in [2.05, 4.69) is 105 Å². The smallest absolute Gasteiger partial charge is 0.232 e. The van der Waals surface area contributed by atoms with Crippen molar-refractivity contribution in [2.45, 2.75) is 63.5 Å². The van der Waals surface area contributed by atoms with E-state index in [4.69, 9.17) is 22.2 Å². The van der Waals surface area contributed by atoms with Crippen LogP contribution in [0, 0.1) is 0 Å². The maximum absolute atomic E-state index is 5.88. The summed E-state index contributed by atoms with van der Waals surface area (Å²) >= 11 is 5.88. The Kier molecular flexibility index (Phi) is 7.98. The summed E-state index contributed by atoms with van der Waals surface area (Å²) in [7, 11) is 0. The molecule has 0 spiro atoms. The molecule has 0 atom stereocenters. The quantitative estimate of drug-likeness (QED) is 0.241. The zero-order chi connectivity index (χ0) is 29.1. The Bertz CT molecular complexity index is 1510. The molecule has 0 unspecified atom stereocenters. The van der Waals surface area contributed by atoms with Gasteiger partial charge in [0.15, 0.2) is 5.11 Å². The number of benzene rings is 3. The zero-order valence-corrected chi connectivity index (χ0v) is 25.6. The largest absolute Gasteiger partial charge is 0.361 e. The fourth-order valence-corrected chi connectivity index (χ4v) is 7.33. The van der Waals surface area contributed by atoms with E-state index in [9.17, 15) is 0 Å². The molecule has 2 N–H and O–H groups in total. The molecule has 1 aliphatic carbocycles. The van der Waals surface area contributed by atoms with Crippen molar-refractivity contribution in [2.75, 3.05) is 34.8 Å². The molecule has 3 aromatic carbocycles. The summed E-state index contributed by atoms with van der Waals surface area (Å²) in [6, 6.07) is 30.6. The molecule has 3 heterocycles. The van der Waals surface area contributed by atoms with Crippen molar-refractivity contribution in [1.29, 1.82) is 0 Å². The van der Waals surface area contributed by atoms with Crippen LogP contribution in [0.15, 0.2) is 84.9 Å². The van der Waals surface area contributed by atoms with Gasteiger partial charge in [0.05, 0.1) is 0 Å². The van der Waals surface area contributed by atoms with E-state index < -0.39 is 0 Å². The number of rotatable bonds is 6. The Balaban J connectivity index is 1.13.